The third-order valence-electron chi connectivity index (χ3n) is 4.77. The molecule has 0 aliphatic carbocycles. The summed E-state index contributed by atoms with van der Waals surface area (Å²) < 4.78 is 6.09. The number of ether oxygens (including phenoxy) is 1. The Morgan fingerprint density at radius 2 is 2.12 bits per heavy atom. The average molecular weight is 332 g/mol. The summed E-state index contributed by atoms with van der Waals surface area (Å²) in [4.78, 5) is 14.8. The Balaban J connectivity index is 2.05. The number of carbonyl (C=O) groups is 1. The highest BCUT2D eigenvalue weighted by Gasteiger charge is 2.28. The van der Waals surface area contributed by atoms with Gasteiger partial charge in [0.15, 0.2) is 6.10 Å². The molecule has 24 heavy (non-hydrogen) atoms. The lowest BCUT2D eigenvalue weighted by Crippen LogP contribution is -2.47. The monoisotopic (exact) mass is 332 g/mol. The van der Waals surface area contributed by atoms with Crippen molar-refractivity contribution in [3.63, 3.8) is 0 Å². The van der Waals surface area contributed by atoms with Crippen LogP contribution in [0.2, 0.25) is 0 Å². The summed E-state index contributed by atoms with van der Waals surface area (Å²) in [5.74, 6) is 1.87. The highest BCUT2D eigenvalue weighted by Crippen LogP contribution is 2.29. The molecule has 2 unspecified atom stereocenters. The zero-order chi connectivity index (χ0) is 17.7. The highest BCUT2D eigenvalue weighted by molar-refractivity contribution is 5.81. The van der Waals surface area contributed by atoms with E-state index in [1.165, 1.54) is 6.42 Å². The van der Waals surface area contributed by atoms with Gasteiger partial charge < -0.3 is 15.0 Å². The topological polar surface area (TPSA) is 41.6 Å². The van der Waals surface area contributed by atoms with Crippen molar-refractivity contribution in [2.75, 3.05) is 26.7 Å². The van der Waals surface area contributed by atoms with Crippen molar-refractivity contribution < 1.29 is 9.53 Å². The summed E-state index contributed by atoms with van der Waals surface area (Å²) in [6, 6.07) is 6.25. The van der Waals surface area contributed by atoms with Gasteiger partial charge in [-0.3, -0.25) is 4.79 Å². The number of hydrogen-bond donors (Lipinski definition) is 1. The molecule has 1 heterocycles. The van der Waals surface area contributed by atoms with Crippen LogP contribution >= 0.6 is 0 Å². The minimum Gasteiger partial charge on any atom is -0.481 e. The van der Waals surface area contributed by atoms with Crippen molar-refractivity contribution in [2.24, 2.45) is 5.92 Å². The number of amides is 1. The molecule has 4 heteroatoms. The first-order valence-corrected chi connectivity index (χ1v) is 9.13. The Labute approximate surface area is 146 Å². The van der Waals surface area contributed by atoms with Gasteiger partial charge >= 0.3 is 0 Å². The van der Waals surface area contributed by atoms with Gasteiger partial charge in [0.1, 0.15) is 5.75 Å². The van der Waals surface area contributed by atoms with E-state index in [2.05, 4.69) is 38.2 Å². The van der Waals surface area contributed by atoms with Crippen LogP contribution in [0, 0.1) is 12.8 Å². The molecular formula is C20H32N2O2. The lowest BCUT2D eigenvalue weighted by atomic mass is 9.97. The van der Waals surface area contributed by atoms with E-state index in [4.69, 9.17) is 4.74 Å². The second-order valence-corrected chi connectivity index (χ2v) is 7.31. The average Bonchev–Trinajstić information content (AvgIpc) is 2.54. The minimum absolute atomic E-state index is 0.104. The molecule has 1 aromatic rings. The molecule has 4 nitrogen and oxygen atoms in total. The van der Waals surface area contributed by atoms with Crippen LogP contribution < -0.4 is 10.1 Å². The highest BCUT2D eigenvalue weighted by atomic mass is 16.5. The van der Waals surface area contributed by atoms with E-state index in [1.807, 2.05) is 24.9 Å². The van der Waals surface area contributed by atoms with E-state index in [9.17, 15) is 4.79 Å². The van der Waals surface area contributed by atoms with E-state index in [0.717, 1.165) is 42.9 Å². The van der Waals surface area contributed by atoms with Crippen molar-refractivity contribution in [3.8, 4) is 5.75 Å². The van der Waals surface area contributed by atoms with Crippen LogP contribution in [0.1, 0.15) is 50.7 Å². The van der Waals surface area contributed by atoms with Crippen LogP contribution in [0.5, 0.6) is 5.75 Å². The van der Waals surface area contributed by atoms with Gasteiger partial charge in [0.25, 0.3) is 5.91 Å². The Morgan fingerprint density at radius 3 is 2.79 bits per heavy atom. The molecule has 1 fully saturated rings. The van der Waals surface area contributed by atoms with Crippen molar-refractivity contribution in [1.29, 1.82) is 0 Å². The maximum absolute atomic E-state index is 12.8. The summed E-state index contributed by atoms with van der Waals surface area (Å²) in [7, 11) is 1.97. The summed E-state index contributed by atoms with van der Waals surface area (Å²) in [5.41, 5.74) is 2.31. The van der Waals surface area contributed by atoms with Gasteiger partial charge in [-0.25, -0.2) is 0 Å². The fraction of sp³-hybridized carbons (Fsp3) is 0.650. The molecule has 2 rings (SSSR count). The minimum atomic E-state index is -0.447. The molecule has 0 bridgehead atoms. The van der Waals surface area contributed by atoms with Crippen LogP contribution in [0.4, 0.5) is 0 Å². The molecule has 1 aliphatic heterocycles. The van der Waals surface area contributed by atoms with Crippen LogP contribution in [0.25, 0.3) is 0 Å². The largest absolute Gasteiger partial charge is 0.481 e. The summed E-state index contributed by atoms with van der Waals surface area (Å²) in [5, 5.41) is 3.22. The SMILES string of the molecule is CNCC1CCCN(C(=O)C(C)Oc2cc(C)ccc2C(C)C)C1. The normalized spacial score (nSPS) is 19.4. The Kier molecular flexibility index (Phi) is 6.67. The lowest BCUT2D eigenvalue weighted by Gasteiger charge is -2.34. The molecule has 0 aromatic heterocycles. The molecule has 1 amide bonds. The number of likely N-dealkylation sites (tertiary alicyclic amines) is 1. The molecule has 2 atom stereocenters. The molecule has 1 aliphatic rings. The van der Waals surface area contributed by atoms with Gasteiger partial charge in [0.2, 0.25) is 0 Å². The number of benzene rings is 1. The van der Waals surface area contributed by atoms with Gasteiger partial charge in [0.05, 0.1) is 0 Å². The van der Waals surface area contributed by atoms with Gasteiger partial charge in [-0.2, -0.15) is 0 Å². The van der Waals surface area contributed by atoms with Crippen LogP contribution in [0.3, 0.4) is 0 Å². The Bertz CT molecular complexity index is 555. The Hall–Kier alpha value is -1.55. The van der Waals surface area contributed by atoms with E-state index in [0.29, 0.717) is 11.8 Å². The third kappa shape index (κ3) is 4.73. The van der Waals surface area contributed by atoms with Gasteiger partial charge in [-0.05, 0) is 69.3 Å². The maximum atomic E-state index is 12.8. The van der Waals surface area contributed by atoms with Crippen molar-refractivity contribution in [2.45, 2.75) is 52.6 Å². The first-order chi connectivity index (χ1) is 11.4. The van der Waals surface area contributed by atoms with Gasteiger partial charge in [-0.1, -0.05) is 26.0 Å². The predicted molar refractivity (Wildman–Crippen MR) is 98.6 cm³/mol. The number of hydrogen-bond acceptors (Lipinski definition) is 3. The second-order valence-electron chi connectivity index (χ2n) is 7.31. The number of nitrogens with one attached hydrogen (secondary N) is 1. The summed E-state index contributed by atoms with van der Waals surface area (Å²) in [6.07, 6.45) is 1.82. The molecule has 134 valence electrons. The Morgan fingerprint density at radius 1 is 1.38 bits per heavy atom. The zero-order valence-electron chi connectivity index (χ0n) is 15.8. The number of rotatable bonds is 6. The summed E-state index contributed by atoms with van der Waals surface area (Å²) >= 11 is 0. The molecule has 1 aromatic carbocycles. The first kappa shape index (κ1) is 18.8. The molecule has 0 spiro atoms. The maximum Gasteiger partial charge on any atom is 0.263 e. The summed E-state index contributed by atoms with van der Waals surface area (Å²) in [6.45, 7) is 10.9. The quantitative estimate of drug-likeness (QED) is 0.869. The smallest absolute Gasteiger partial charge is 0.263 e. The fourth-order valence-corrected chi connectivity index (χ4v) is 3.44. The molecular weight excluding hydrogens is 300 g/mol. The van der Waals surface area contributed by atoms with Crippen LogP contribution in [0.15, 0.2) is 18.2 Å². The van der Waals surface area contributed by atoms with E-state index in [-0.39, 0.29) is 5.91 Å². The van der Waals surface area contributed by atoms with Crippen LogP contribution in [-0.4, -0.2) is 43.6 Å². The standard InChI is InChI=1S/C20H32N2O2/c1-14(2)18-9-8-15(3)11-19(18)24-16(4)20(23)22-10-6-7-17(13-22)12-21-5/h8-9,11,14,16-17,21H,6-7,10,12-13H2,1-5H3. The molecule has 1 N–H and O–H groups in total. The lowest BCUT2D eigenvalue weighted by molar-refractivity contribution is -0.139. The van der Waals surface area contributed by atoms with Gasteiger partial charge in [-0.15, -0.1) is 0 Å². The van der Waals surface area contributed by atoms with Gasteiger partial charge in [0, 0.05) is 13.1 Å². The van der Waals surface area contributed by atoms with E-state index < -0.39 is 6.10 Å². The molecule has 1 saturated heterocycles. The van der Waals surface area contributed by atoms with Crippen molar-refractivity contribution >= 4 is 5.91 Å². The molecule has 0 radical (unpaired) electrons. The van der Waals surface area contributed by atoms with E-state index in [1.54, 1.807) is 0 Å². The predicted octanol–water partition coefficient (Wildman–Crippen LogP) is 3.34. The number of piperidine rings is 1. The second kappa shape index (κ2) is 8.52. The van der Waals surface area contributed by atoms with Crippen molar-refractivity contribution in [3.05, 3.63) is 29.3 Å². The zero-order valence-corrected chi connectivity index (χ0v) is 15.8. The number of aryl methyl sites for hydroxylation is 1. The van der Waals surface area contributed by atoms with Crippen LogP contribution in [-0.2, 0) is 4.79 Å². The fourth-order valence-electron chi connectivity index (χ4n) is 3.44. The van der Waals surface area contributed by atoms with E-state index >= 15 is 0 Å². The number of carbonyl (C=O) groups excluding carboxylic acids is 1. The number of nitrogens with zero attached hydrogens (tertiary/aromatic N) is 1. The van der Waals surface area contributed by atoms with Crippen molar-refractivity contribution in [1.82, 2.24) is 10.2 Å². The first-order valence-electron chi connectivity index (χ1n) is 9.13. The third-order valence-corrected chi connectivity index (χ3v) is 4.77. The molecule has 0 saturated carbocycles.